The van der Waals surface area contributed by atoms with Gasteiger partial charge in [-0.2, -0.15) is 0 Å². The minimum atomic E-state index is -0.678. The lowest BCUT2D eigenvalue weighted by molar-refractivity contribution is -0.168. The SMILES string of the molecule is CCCO[C@H]1[C@H](C)OC(=O)[C@@H](CC(=O)c2nccc(OC)c2OCOC(C)=O)CCCC[C@@H]1Oc1ccccc1. The molecule has 0 amide bonds. The van der Waals surface area contributed by atoms with Gasteiger partial charge in [-0.15, -0.1) is 0 Å². The Bertz CT molecular complexity index is 1110. The second-order valence-electron chi connectivity index (χ2n) is 9.64. The van der Waals surface area contributed by atoms with Crippen LogP contribution >= 0.6 is 0 Å². The lowest BCUT2D eigenvalue weighted by Gasteiger charge is -2.33. The number of carbonyl (C=O) groups is 3. The molecular weight excluding hydrogens is 518 g/mol. The number of benzene rings is 1. The summed E-state index contributed by atoms with van der Waals surface area (Å²) >= 11 is 0. The second kappa shape index (κ2) is 15.8. The number of pyridine rings is 1. The highest BCUT2D eigenvalue weighted by Crippen LogP contribution is 2.32. The molecule has 0 bridgehead atoms. The molecule has 0 radical (unpaired) electrons. The first-order valence-corrected chi connectivity index (χ1v) is 13.7. The third-order valence-corrected chi connectivity index (χ3v) is 6.55. The van der Waals surface area contributed by atoms with Crippen LogP contribution in [-0.4, -0.2) is 61.5 Å². The van der Waals surface area contributed by atoms with E-state index in [1.54, 1.807) is 6.92 Å². The molecule has 0 N–H and O–H groups in total. The predicted molar refractivity (Wildman–Crippen MR) is 145 cm³/mol. The van der Waals surface area contributed by atoms with E-state index in [1.165, 1.54) is 26.3 Å². The molecule has 3 rings (SSSR count). The summed E-state index contributed by atoms with van der Waals surface area (Å²) in [6.07, 6.45) is 3.37. The number of Topliss-reactive ketones (excluding diaryl/α,β-unsaturated/α-hetero) is 1. The summed E-state index contributed by atoms with van der Waals surface area (Å²) in [4.78, 5) is 42.1. The Kier molecular flexibility index (Phi) is 12.2. The van der Waals surface area contributed by atoms with Crippen molar-refractivity contribution in [3.63, 3.8) is 0 Å². The maximum atomic E-state index is 13.4. The monoisotopic (exact) mass is 557 g/mol. The van der Waals surface area contributed by atoms with Gasteiger partial charge in [0.1, 0.15) is 24.1 Å². The van der Waals surface area contributed by atoms with Crippen LogP contribution in [0, 0.1) is 5.92 Å². The molecule has 0 saturated carbocycles. The van der Waals surface area contributed by atoms with Crippen molar-refractivity contribution in [3.8, 4) is 17.2 Å². The molecule has 1 saturated heterocycles. The number of aromatic nitrogens is 1. The number of nitrogens with zero attached hydrogens (tertiary/aromatic N) is 1. The highest BCUT2D eigenvalue weighted by molar-refractivity contribution is 5.99. The number of ether oxygens (including phenoxy) is 6. The minimum Gasteiger partial charge on any atom is -0.493 e. The van der Waals surface area contributed by atoms with Gasteiger partial charge in [-0.3, -0.25) is 14.4 Å². The third-order valence-electron chi connectivity index (χ3n) is 6.55. The van der Waals surface area contributed by atoms with Crippen molar-refractivity contribution in [2.45, 2.75) is 77.6 Å². The Labute approximate surface area is 235 Å². The normalized spacial score (nSPS) is 21.6. The van der Waals surface area contributed by atoms with Gasteiger partial charge < -0.3 is 28.4 Å². The Balaban J connectivity index is 1.76. The van der Waals surface area contributed by atoms with E-state index in [1.807, 2.05) is 37.3 Å². The lowest BCUT2D eigenvalue weighted by atomic mass is 9.92. The van der Waals surface area contributed by atoms with Gasteiger partial charge in [-0.25, -0.2) is 4.98 Å². The molecule has 40 heavy (non-hydrogen) atoms. The summed E-state index contributed by atoms with van der Waals surface area (Å²) in [5.74, 6) is -1.06. The molecule has 1 fully saturated rings. The van der Waals surface area contributed by atoms with E-state index in [2.05, 4.69) is 4.98 Å². The number of hydrogen-bond acceptors (Lipinski definition) is 10. The summed E-state index contributed by atoms with van der Waals surface area (Å²) in [5, 5.41) is 0. The van der Waals surface area contributed by atoms with Crippen LogP contribution in [0.2, 0.25) is 0 Å². The number of rotatable bonds is 12. The summed E-state index contributed by atoms with van der Waals surface area (Å²) in [7, 11) is 1.42. The van der Waals surface area contributed by atoms with Crippen LogP contribution in [0.4, 0.5) is 0 Å². The molecule has 0 aliphatic carbocycles. The predicted octanol–water partition coefficient (Wildman–Crippen LogP) is 4.93. The zero-order valence-corrected chi connectivity index (χ0v) is 23.6. The van der Waals surface area contributed by atoms with Gasteiger partial charge in [0, 0.05) is 32.2 Å². The van der Waals surface area contributed by atoms with Crippen LogP contribution in [0.25, 0.3) is 0 Å². The molecule has 2 heterocycles. The second-order valence-corrected chi connectivity index (χ2v) is 9.64. The van der Waals surface area contributed by atoms with Gasteiger partial charge >= 0.3 is 11.9 Å². The number of esters is 2. The van der Waals surface area contributed by atoms with Crippen molar-refractivity contribution in [1.29, 1.82) is 0 Å². The molecule has 10 heteroatoms. The number of carbonyl (C=O) groups excluding carboxylic acids is 3. The van der Waals surface area contributed by atoms with Crippen molar-refractivity contribution >= 4 is 17.7 Å². The van der Waals surface area contributed by atoms with E-state index in [9.17, 15) is 14.4 Å². The highest BCUT2D eigenvalue weighted by atomic mass is 16.7. The van der Waals surface area contributed by atoms with Crippen LogP contribution in [0.1, 0.15) is 69.8 Å². The van der Waals surface area contributed by atoms with E-state index >= 15 is 0 Å². The summed E-state index contributed by atoms with van der Waals surface area (Å²) in [6, 6.07) is 11.1. The average Bonchev–Trinajstić information content (AvgIpc) is 2.94. The molecule has 1 aliphatic rings. The van der Waals surface area contributed by atoms with Gasteiger partial charge in [-0.05, 0) is 44.7 Å². The fraction of sp³-hybridized carbons (Fsp3) is 0.533. The van der Waals surface area contributed by atoms with Crippen LogP contribution in [-0.2, 0) is 23.8 Å². The molecule has 0 unspecified atom stereocenters. The molecule has 2 aromatic rings. The van der Waals surface area contributed by atoms with Crippen LogP contribution < -0.4 is 14.2 Å². The van der Waals surface area contributed by atoms with Crippen molar-refractivity contribution in [2.24, 2.45) is 5.92 Å². The van der Waals surface area contributed by atoms with Crippen molar-refractivity contribution in [1.82, 2.24) is 4.98 Å². The van der Waals surface area contributed by atoms with Gasteiger partial charge in [0.2, 0.25) is 6.79 Å². The Hall–Kier alpha value is -3.66. The Morgan fingerprint density at radius 3 is 2.55 bits per heavy atom. The fourth-order valence-electron chi connectivity index (χ4n) is 4.57. The van der Waals surface area contributed by atoms with Gasteiger partial charge in [0.05, 0.1) is 13.0 Å². The maximum Gasteiger partial charge on any atom is 0.309 e. The minimum absolute atomic E-state index is 0.00933. The molecular formula is C30H39NO9. The van der Waals surface area contributed by atoms with E-state index in [-0.39, 0.29) is 29.7 Å². The highest BCUT2D eigenvalue weighted by Gasteiger charge is 2.36. The van der Waals surface area contributed by atoms with E-state index in [4.69, 9.17) is 28.4 Å². The van der Waals surface area contributed by atoms with Crippen LogP contribution in [0.3, 0.4) is 0 Å². The first kappa shape index (κ1) is 30.9. The third kappa shape index (κ3) is 8.94. The Morgan fingerprint density at radius 2 is 1.85 bits per heavy atom. The van der Waals surface area contributed by atoms with E-state index in [0.29, 0.717) is 25.9 Å². The lowest BCUT2D eigenvalue weighted by Crippen LogP contribution is -2.45. The van der Waals surface area contributed by atoms with Crippen molar-refractivity contribution in [2.75, 3.05) is 20.5 Å². The fourth-order valence-corrected chi connectivity index (χ4v) is 4.57. The summed E-state index contributed by atoms with van der Waals surface area (Å²) in [5.41, 5.74) is -0.00933. The van der Waals surface area contributed by atoms with E-state index in [0.717, 1.165) is 18.6 Å². The number of para-hydroxylation sites is 1. The van der Waals surface area contributed by atoms with Gasteiger partial charge in [0.25, 0.3) is 0 Å². The van der Waals surface area contributed by atoms with E-state index < -0.39 is 42.6 Å². The molecule has 1 aromatic heterocycles. The zero-order chi connectivity index (χ0) is 28.9. The number of hydrogen-bond donors (Lipinski definition) is 0. The average molecular weight is 558 g/mol. The van der Waals surface area contributed by atoms with Crippen LogP contribution in [0.5, 0.6) is 17.2 Å². The topological polar surface area (TPSA) is 119 Å². The summed E-state index contributed by atoms with van der Waals surface area (Å²) in [6.45, 7) is 5.15. The molecule has 10 nitrogen and oxygen atoms in total. The van der Waals surface area contributed by atoms with Gasteiger partial charge in [-0.1, -0.05) is 31.5 Å². The molecule has 1 aromatic carbocycles. The molecule has 1 aliphatic heterocycles. The number of methoxy groups -OCH3 is 1. The zero-order valence-electron chi connectivity index (χ0n) is 23.6. The molecule has 218 valence electrons. The smallest absolute Gasteiger partial charge is 0.309 e. The Morgan fingerprint density at radius 1 is 1.10 bits per heavy atom. The maximum absolute atomic E-state index is 13.4. The standard InChI is InChI=1S/C30H39NO9/c1-5-17-36-28-20(2)39-30(34)22(11-9-10-14-26(28)40-23-12-7-6-8-13-23)18-24(33)27-29(38-19-37-21(3)32)25(35-4)15-16-31-27/h6-8,12-13,15-16,20,22,26,28H,5,9-11,14,17-19H2,1-4H3/t20-,22+,26-,28-/m0/s1. The first-order valence-electron chi connectivity index (χ1n) is 13.7. The molecule has 4 atom stereocenters. The van der Waals surface area contributed by atoms with Crippen molar-refractivity contribution in [3.05, 3.63) is 48.3 Å². The quantitative estimate of drug-likeness (QED) is 0.202. The first-order chi connectivity index (χ1) is 19.3. The van der Waals surface area contributed by atoms with Crippen LogP contribution in [0.15, 0.2) is 42.6 Å². The van der Waals surface area contributed by atoms with Gasteiger partial charge in [0.15, 0.2) is 23.0 Å². The summed E-state index contributed by atoms with van der Waals surface area (Å²) < 4.78 is 34.0. The largest absolute Gasteiger partial charge is 0.493 e. The molecule has 0 spiro atoms. The van der Waals surface area contributed by atoms with Crippen molar-refractivity contribution < 1.29 is 42.8 Å². The number of cyclic esters (lactones) is 1. The number of ketones is 1.